The fraction of sp³-hybridized carbons (Fsp3) is 0.125. The summed E-state index contributed by atoms with van der Waals surface area (Å²) in [7, 11) is -1.53. The lowest BCUT2D eigenvalue weighted by Gasteiger charge is -2.23. The van der Waals surface area contributed by atoms with Crippen molar-refractivity contribution >= 4 is 61.1 Å². The van der Waals surface area contributed by atoms with Crippen molar-refractivity contribution in [3.63, 3.8) is 0 Å². The lowest BCUT2D eigenvalue weighted by molar-refractivity contribution is 0.391. The number of aromatic nitrogens is 1. The van der Waals surface area contributed by atoms with Crippen molar-refractivity contribution in [3.05, 3.63) is 87.6 Å². The lowest BCUT2D eigenvalue weighted by atomic mass is 10.2. The van der Waals surface area contributed by atoms with Crippen molar-refractivity contribution in [2.75, 3.05) is 23.8 Å². The van der Waals surface area contributed by atoms with Crippen molar-refractivity contribution in [2.24, 2.45) is 0 Å². The van der Waals surface area contributed by atoms with Gasteiger partial charge in [-0.3, -0.25) is 0 Å². The minimum Gasteiger partial charge on any atom is -0.497 e. The predicted molar refractivity (Wildman–Crippen MR) is 140 cm³/mol. The SMILES string of the molecule is COc1ccc(CN(c2ncc(Cl)s2)S(=O)(=O)c2cc(Cl)c(Nc3[c]cccc3)cc2F)c(OC)c1. The molecular weight excluding hydrogens is 548 g/mol. The molecule has 1 radical (unpaired) electrons. The molecule has 0 spiro atoms. The van der Waals surface area contributed by atoms with E-state index in [0.717, 1.165) is 27.8 Å². The third-order valence-corrected chi connectivity index (χ3v) is 8.37. The first-order chi connectivity index (χ1) is 17.2. The van der Waals surface area contributed by atoms with Crippen molar-refractivity contribution in [2.45, 2.75) is 11.4 Å². The smallest absolute Gasteiger partial charge is 0.269 e. The van der Waals surface area contributed by atoms with E-state index in [2.05, 4.69) is 16.4 Å². The molecule has 0 bridgehead atoms. The van der Waals surface area contributed by atoms with Gasteiger partial charge < -0.3 is 14.8 Å². The van der Waals surface area contributed by atoms with Gasteiger partial charge in [0.15, 0.2) is 0 Å². The molecule has 0 amide bonds. The molecule has 0 aliphatic rings. The molecule has 0 aliphatic heterocycles. The molecule has 0 fully saturated rings. The number of halogens is 3. The Morgan fingerprint density at radius 3 is 2.58 bits per heavy atom. The molecule has 0 atom stereocenters. The van der Waals surface area contributed by atoms with Crippen LogP contribution in [0.2, 0.25) is 9.36 Å². The van der Waals surface area contributed by atoms with Crippen LogP contribution in [0.15, 0.2) is 65.7 Å². The summed E-state index contributed by atoms with van der Waals surface area (Å²) in [6.07, 6.45) is 1.32. The van der Waals surface area contributed by atoms with E-state index in [1.54, 1.807) is 42.5 Å². The molecule has 36 heavy (non-hydrogen) atoms. The Balaban J connectivity index is 1.76. The maximum absolute atomic E-state index is 15.3. The Morgan fingerprint density at radius 1 is 1.14 bits per heavy atom. The second-order valence-corrected chi connectivity index (χ2v) is 11.2. The zero-order valence-corrected chi connectivity index (χ0v) is 22.1. The number of hydrogen-bond acceptors (Lipinski definition) is 7. The topological polar surface area (TPSA) is 80.8 Å². The molecule has 3 aromatic carbocycles. The monoisotopic (exact) mass is 566 g/mol. The van der Waals surface area contributed by atoms with Gasteiger partial charge in [0, 0.05) is 29.4 Å². The van der Waals surface area contributed by atoms with Crippen LogP contribution < -0.4 is 19.1 Å². The number of nitrogens with one attached hydrogen (secondary N) is 1. The minimum absolute atomic E-state index is 0.00590. The summed E-state index contributed by atoms with van der Waals surface area (Å²) in [5, 5.41) is 2.99. The molecule has 1 heterocycles. The highest BCUT2D eigenvalue weighted by atomic mass is 35.5. The van der Waals surface area contributed by atoms with Crippen LogP contribution in [0.1, 0.15) is 5.56 Å². The number of anilines is 3. The van der Waals surface area contributed by atoms with Gasteiger partial charge in [-0.2, -0.15) is 0 Å². The Kier molecular flexibility index (Phi) is 7.89. The van der Waals surface area contributed by atoms with Gasteiger partial charge in [0.25, 0.3) is 10.0 Å². The highest BCUT2D eigenvalue weighted by Gasteiger charge is 2.32. The first-order valence-corrected chi connectivity index (χ1v) is 13.3. The molecule has 1 N–H and O–H groups in total. The standard InChI is InChI=1S/C24H19Cl2FN3O4S2/c1-33-17-9-8-15(21(10-17)34-2)14-30(24-28-13-23(26)35-24)36(31,32)22-11-18(25)20(12-19(22)27)29-16-6-4-3-5-7-16/h3-6,8-13,29H,14H2,1-2H3. The number of benzene rings is 3. The van der Waals surface area contributed by atoms with Crippen molar-refractivity contribution in [3.8, 4) is 11.5 Å². The Labute approximate surface area is 222 Å². The van der Waals surface area contributed by atoms with Gasteiger partial charge in [0.1, 0.15) is 26.5 Å². The molecule has 1 aromatic heterocycles. The van der Waals surface area contributed by atoms with E-state index in [-0.39, 0.29) is 26.7 Å². The number of rotatable bonds is 9. The highest BCUT2D eigenvalue weighted by molar-refractivity contribution is 7.93. The average molecular weight is 567 g/mol. The molecule has 187 valence electrons. The minimum atomic E-state index is -4.48. The Morgan fingerprint density at radius 2 is 1.94 bits per heavy atom. The van der Waals surface area contributed by atoms with Crippen molar-refractivity contribution in [1.29, 1.82) is 0 Å². The number of ether oxygens (including phenoxy) is 2. The Hall–Kier alpha value is -3.05. The molecule has 4 rings (SSSR count). The van der Waals surface area contributed by atoms with E-state index in [0.29, 0.717) is 22.7 Å². The van der Waals surface area contributed by atoms with E-state index >= 15 is 4.39 Å². The van der Waals surface area contributed by atoms with E-state index in [1.807, 2.05) is 0 Å². The average Bonchev–Trinajstić information content (AvgIpc) is 3.30. The number of sulfonamides is 1. The predicted octanol–water partition coefficient (Wildman–Crippen LogP) is 6.55. The zero-order valence-electron chi connectivity index (χ0n) is 19.0. The van der Waals surface area contributed by atoms with Crippen LogP contribution in [-0.2, 0) is 16.6 Å². The molecule has 0 unspecified atom stereocenters. The number of para-hydroxylation sites is 1. The fourth-order valence-corrected chi connectivity index (χ4v) is 6.17. The summed E-state index contributed by atoms with van der Waals surface area (Å²) >= 11 is 13.3. The normalized spacial score (nSPS) is 11.2. The second-order valence-electron chi connectivity index (χ2n) is 7.30. The summed E-state index contributed by atoms with van der Waals surface area (Å²) in [6.45, 7) is -0.213. The highest BCUT2D eigenvalue weighted by Crippen LogP contribution is 2.37. The second kappa shape index (κ2) is 10.9. The van der Waals surface area contributed by atoms with Gasteiger partial charge in [-0.15, -0.1) is 0 Å². The first kappa shape index (κ1) is 26.0. The fourth-order valence-electron chi connectivity index (χ4n) is 3.31. The molecule has 0 saturated heterocycles. The van der Waals surface area contributed by atoms with Crippen LogP contribution in [0.4, 0.5) is 20.9 Å². The first-order valence-electron chi connectivity index (χ1n) is 10.3. The molecular formula is C24H19Cl2FN3O4S2. The van der Waals surface area contributed by atoms with Crippen LogP contribution >= 0.6 is 34.5 Å². The number of hydrogen-bond donors (Lipinski definition) is 1. The third-order valence-electron chi connectivity index (χ3n) is 5.05. The van der Waals surface area contributed by atoms with Crippen LogP contribution in [0, 0.1) is 11.9 Å². The van der Waals surface area contributed by atoms with Crippen molar-refractivity contribution in [1.82, 2.24) is 4.98 Å². The number of methoxy groups -OCH3 is 2. The number of thiazole rings is 1. The van der Waals surface area contributed by atoms with Gasteiger partial charge in [-0.1, -0.05) is 52.7 Å². The van der Waals surface area contributed by atoms with Gasteiger partial charge >= 0.3 is 0 Å². The van der Waals surface area contributed by atoms with E-state index in [4.69, 9.17) is 32.7 Å². The quantitative estimate of drug-likeness (QED) is 0.247. The molecule has 4 aromatic rings. The molecule has 12 heteroatoms. The van der Waals surface area contributed by atoms with Crippen LogP contribution in [0.5, 0.6) is 11.5 Å². The number of nitrogens with zero attached hydrogens (tertiary/aromatic N) is 2. The summed E-state index contributed by atoms with van der Waals surface area (Å²) in [5.74, 6) is -0.0829. The molecule has 0 aliphatic carbocycles. The van der Waals surface area contributed by atoms with E-state index in [1.165, 1.54) is 20.4 Å². The molecule has 7 nitrogen and oxygen atoms in total. The van der Waals surface area contributed by atoms with Gasteiger partial charge in [-0.25, -0.2) is 22.1 Å². The summed E-state index contributed by atoms with van der Waals surface area (Å²) in [5.41, 5.74) is 1.23. The maximum atomic E-state index is 15.3. The van der Waals surface area contributed by atoms with Crippen molar-refractivity contribution < 1.29 is 22.3 Å². The van der Waals surface area contributed by atoms with Gasteiger partial charge in [0.05, 0.1) is 37.7 Å². The third kappa shape index (κ3) is 5.52. The van der Waals surface area contributed by atoms with E-state index < -0.39 is 20.7 Å². The molecule has 0 saturated carbocycles. The van der Waals surface area contributed by atoms with Crippen LogP contribution in [0.3, 0.4) is 0 Å². The Bertz CT molecular complexity index is 1480. The van der Waals surface area contributed by atoms with Crippen LogP contribution in [0.25, 0.3) is 0 Å². The van der Waals surface area contributed by atoms with Crippen LogP contribution in [-0.4, -0.2) is 27.6 Å². The summed E-state index contributed by atoms with van der Waals surface area (Å²) in [4.78, 5) is 3.50. The zero-order chi connectivity index (χ0) is 25.9. The summed E-state index contributed by atoms with van der Waals surface area (Å²) in [6, 6.07) is 16.9. The maximum Gasteiger partial charge on any atom is 0.269 e. The lowest BCUT2D eigenvalue weighted by Crippen LogP contribution is -2.31. The van der Waals surface area contributed by atoms with E-state index in [9.17, 15) is 8.42 Å². The largest absolute Gasteiger partial charge is 0.497 e. The van der Waals surface area contributed by atoms with Gasteiger partial charge in [0.2, 0.25) is 5.13 Å². The summed E-state index contributed by atoms with van der Waals surface area (Å²) < 4.78 is 54.7. The van der Waals surface area contributed by atoms with Gasteiger partial charge in [-0.05, 0) is 24.3 Å².